The number of amides is 2. The van der Waals surface area contributed by atoms with E-state index >= 15 is 0 Å². The van der Waals surface area contributed by atoms with Crippen LogP contribution in [0.3, 0.4) is 0 Å². The predicted molar refractivity (Wildman–Crippen MR) is 136 cm³/mol. The van der Waals surface area contributed by atoms with Gasteiger partial charge in [-0.1, -0.05) is 48.9 Å². The van der Waals surface area contributed by atoms with Crippen LogP contribution < -0.4 is 10.2 Å². The number of fused-ring (bicyclic) bond motifs is 1. The van der Waals surface area contributed by atoms with E-state index in [1.165, 1.54) is 0 Å². The minimum atomic E-state index is -0.866. The first-order valence-corrected chi connectivity index (χ1v) is 11.8. The number of aromatic nitrogens is 4. The van der Waals surface area contributed by atoms with Crippen LogP contribution in [0.2, 0.25) is 0 Å². The fourth-order valence-electron chi connectivity index (χ4n) is 3.93. The van der Waals surface area contributed by atoms with Gasteiger partial charge in [0.05, 0.1) is 5.52 Å². The van der Waals surface area contributed by atoms with E-state index in [0.29, 0.717) is 29.2 Å². The number of anilines is 1. The third-order valence-corrected chi connectivity index (χ3v) is 5.84. The summed E-state index contributed by atoms with van der Waals surface area (Å²) in [6.45, 7) is 6.67. The molecule has 0 fully saturated rings. The molecule has 4 aromatic rings. The maximum atomic E-state index is 13.9. The van der Waals surface area contributed by atoms with E-state index in [-0.39, 0.29) is 18.4 Å². The highest BCUT2D eigenvalue weighted by Gasteiger charge is 2.33. The molecule has 1 atom stereocenters. The Kier molecular flexibility index (Phi) is 7.50. The molecule has 35 heavy (non-hydrogen) atoms. The average molecular weight is 471 g/mol. The summed E-state index contributed by atoms with van der Waals surface area (Å²) < 4.78 is 1.57. The van der Waals surface area contributed by atoms with Crippen molar-refractivity contribution in [3.63, 3.8) is 0 Å². The van der Waals surface area contributed by atoms with Crippen LogP contribution in [0.25, 0.3) is 11.0 Å². The van der Waals surface area contributed by atoms with Gasteiger partial charge in [-0.15, -0.1) is 5.10 Å². The Morgan fingerprint density at radius 1 is 1.00 bits per heavy atom. The van der Waals surface area contributed by atoms with E-state index in [1.54, 1.807) is 34.1 Å². The molecule has 180 valence electrons. The Hall–Kier alpha value is -4.07. The summed E-state index contributed by atoms with van der Waals surface area (Å²) in [5.41, 5.74) is 3.83. The fraction of sp³-hybridized carbons (Fsp3) is 0.296. The zero-order valence-electron chi connectivity index (χ0n) is 20.3. The zero-order valence-corrected chi connectivity index (χ0v) is 20.3. The second kappa shape index (κ2) is 10.9. The highest BCUT2D eigenvalue weighted by molar-refractivity contribution is 6.01. The van der Waals surface area contributed by atoms with Gasteiger partial charge in [0, 0.05) is 24.6 Å². The van der Waals surface area contributed by atoms with Gasteiger partial charge < -0.3 is 5.32 Å². The maximum absolute atomic E-state index is 13.9. The van der Waals surface area contributed by atoms with Gasteiger partial charge in [-0.3, -0.25) is 19.5 Å². The van der Waals surface area contributed by atoms with Gasteiger partial charge in [0.15, 0.2) is 0 Å². The van der Waals surface area contributed by atoms with Gasteiger partial charge in [-0.2, -0.15) is 0 Å². The third-order valence-electron chi connectivity index (χ3n) is 5.84. The summed E-state index contributed by atoms with van der Waals surface area (Å²) in [5.74, 6) is -0.0651. The Labute approximate surface area is 205 Å². The molecule has 2 heterocycles. The van der Waals surface area contributed by atoms with Crippen molar-refractivity contribution in [2.45, 2.75) is 39.8 Å². The number of nitrogens with one attached hydrogen (secondary N) is 1. The van der Waals surface area contributed by atoms with Crippen molar-refractivity contribution in [3.05, 3.63) is 84.2 Å². The van der Waals surface area contributed by atoms with Crippen molar-refractivity contribution in [3.8, 4) is 0 Å². The van der Waals surface area contributed by atoms with Crippen LogP contribution in [0, 0.1) is 12.8 Å². The van der Waals surface area contributed by atoms with E-state index in [4.69, 9.17) is 0 Å². The van der Waals surface area contributed by atoms with Gasteiger partial charge >= 0.3 is 0 Å². The van der Waals surface area contributed by atoms with E-state index < -0.39 is 6.04 Å². The van der Waals surface area contributed by atoms with Crippen LogP contribution in [-0.2, 0) is 16.1 Å². The normalized spacial score (nSPS) is 12.0. The maximum Gasteiger partial charge on any atom is 0.249 e. The molecule has 0 saturated heterocycles. The van der Waals surface area contributed by atoms with Gasteiger partial charge in [-0.05, 0) is 61.2 Å². The van der Waals surface area contributed by atoms with E-state index in [2.05, 4.69) is 34.5 Å². The summed E-state index contributed by atoms with van der Waals surface area (Å²) in [5, 5.41) is 11.4. The lowest BCUT2D eigenvalue weighted by molar-refractivity contribution is -0.127. The van der Waals surface area contributed by atoms with Crippen molar-refractivity contribution in [2.24, 2.45) is 5.92 Å². The molecule has 1 unspecified atom stereocenters. The van der Waals surface area contributed by atoms with Crippen LogP contribution in [-0.4, -0.2) is 38.3 Å². The molecule has 2 amide bonds. The largest absolute Gasteiger partial charge is 0.354 e. The van der Waals surface area contributed by atoms with Gasteiger partial charge in [-0.25, -0.2) is 4.68 Å². The van der Waals surface area contributed by atoms with Crippen molar-refractivity contribution in [1.82, 2.24) is 25.3 Å². The molecule has 0 bridgehead atoms. The fourth-order valence-corrected chi connectivity index (χ4v) is 3.93. The number of pyridine rings is 1. The van der Waals surface area contributed by atoms with Crippen molar-refractivity contribution >= 4 is 28.5 Å². The summed E-state index contributed by atoms with van der Waals surface area (Å²) in [4.78, 5) is 33.1. The van der Waals surface area contributed by atoms with Crippen LogP contribution in [0.15, 0.2) is 73.1 Å². The average Bonchev–Trinajstić information content (AvgIpc) is 3.26. The molecular formula is C27H30N6O2. The number of hydrogen-bond acceptors (Lipinski definition) is 5. The number of carbonyl (C=O) groups is 2. The summed E-state index contributed by atoms with van der Waals surface area (Å²) >= 11 is 0. The number of rotatable bonds is 9. The molecule has 1 N–H and O–H groups in total. The SMILES string of the molecule is Cc1ccc(N(C(=O)Cn2nnc3ccccc32)C(C(=O)NCCC(C)C)c2ccncc2)cc1. The summed E-state index contributed by atoms with van der Waals surface area (Å²) in [6.07, 6.45) is 4.11. The van der Waals surface area contributed by atoms with Gasteiger partial charge in [0.25, 0.3) is 0 Å². The van der Waals surface area contributed by atoms with Crippen LogP contribution in [0.1, 0.15) is 37.4 Å². The van der Waals surface area contributed by atoms with Crippen molar-refractivity contribution in [2.75, 3.05) is 11.4 Å². The van der Waals surface area contributed by atoms with Gasteiger partial charge in [0.1, 0.15) is 18.1 Å². The second-order valence-electron chi connectivity index (χ2n) is 8.99. The molecule has 0 saturated carbocycles. The van der Waals surface area contributed by atoms with E-state index in [1.807, 2.05) is 55.5 Å². The highest BCUT2D eigenvalue weighted by Crippen LogP contribution is 2.29. The van der Waals surface area contributed by atoms with Crippen LogP contribution in [0.5, 0.6) is 0 Å². The number of aryl methyl sites for hydroxylation is 1. The molecule has 0 radical (unpaired) electrons. The monoisotopic (exact) mass is 470 g/mol. The Morgan fingerprint density at radius 2 is 1.71 bits per heavy atom. The molecule has 0 aliphatic heterocycles. The van der Waals surface area contributed by atoms with Gasteiger partial charge in [0.2, 0.25) is 11.8 Å². The number of nitrogens with zero attached hydrogens (tertiary/aromatic N) is 5. The van der Waals surface area contributed by atoms with E-state index in [9.17, 15) is 9.59 Å². The first-order chi connectivity index (χ1) is 16.9. The van der Waals surface area contributed by atoms with Crippen LogP contribution in [0.4, 0.5) is 5.69 Å². The minimum Gasteiger partial charge on any atom is -0.354 e. The Morgan fingerprint density at radius 3 is 2.43 bits per heavy atom. The summed E-state index contributed by atoms with van der Waals surface area (Å²) in [7, 11) is 0. The Balaban J connectivity index is 1.73. The smallest absolute Gasteiger partial charge is 0.249 e. The first kappa shape index (κ1) is 24.1. The highest BCUT2D eigenvalue weighted by atomic mass is 16.2. The molecule has 8 heteroatoms. The lowest BCUT2D eigenvalue weighted by Crippen LogP contribution is -2.45. The summed E-state index contributed by atoms with van der Waals surface area (Å²) in [6, 6.07) is 17.7. The van der Waals surface area contributed by atoms with Crippen molar-refractivity contribution in [1.29, 1.82) is 0 Å². The standard InChI is InChI=1S/C27H30N6O2/c1-19(2)12-17-29-27(35)26(21-13-15-28-16-14-21)33(22-10-8-20(3)9-11-22)25(34)18-32-24-7-5-4-6-23(24)30-31-32/h4-11,13-16,19,26H,12,17-18H2,1-3H3,(H,29,35). The zero-order chi connectivity index (χ0) is 24.8. The minimum absolute atomic E-state index is 0.0603. The lowest BCUT2D eigenvalue weighted by Gasteiger charge is -2.31. The van der Waals surface area contributed by atoms with Crippen molar-refractivity contribution < 1.29 is 9.59 Å². The van der Waals surface area contributed by atoms with E-state index in [0.717, 1.165) is 17.5 Å². The first-order valence-electron chi connectivity index (χ1n) is 11.8. The molecule has 0 spiro atoms. The molecule has 2 aromatic carbocycles. The molecule has 0 aliphatic carbocycles. The molecule has 8 nitrogen and oxygen atoms in total. The number of hydrogen-bond donors (Lipinski definition) is 1. The Bertz CT molecular complexity index is 1280. The molecule has 4 rings (SSSR count). The molecule has 2 aromatic heterocycles. The number of carbonyl (C=O) groups excluding carboxylic acids is 2. The third kappa shape index (κ3) is 5.71. The number of benzene rings is 2. The second-order valence-corrected chi connectivity index (χ2v) is 8.99. The number of para-hydroxylation sites is 1. The molecular weight excluding hydrogens is 440 g/mol. The lowest BCUT2D eigenvalue weighted by atomic mass is 10.0. The predicted octanol–water partition coefficient (Wildman–Crippen LogP) is 4.07. The topological polar surface area (TPSA) is 93.0 Å². The van der Waals surface area contributed by atoms with Crippen LogP contribution >= 0.6 is 0 Å². The quantitative estimate of drug-likeness (QED) is 0.398. The molecule has 0 aliphatic rings.